The van der Waals surface area contributed by atoms with E-state index in [1.165, 1.54) is 5.56 Å². The summed E-state index contributed by atoms with van der Waals surface area (Å²) in [6.45, 7) is 1.93. The summed E-state index contributed by atoms with van der Waals surface area (Å²) in [6, 6.07) is 3.95. The molecule has 0 saturated carbocycles. The third kappa shape index (κ3) is 3.46. The molecular weight excluding hydrogens is 152 g/mol. The second kappa shape index (κ2) is 5.69. The van der Waals surface area contributed by atoms with E-state index in [0.29, 0.717) is 0 Å². The lowest BCUT2D eigenvalue weighted by Crippen LogP contribution is -2.15. The molecule has 0 saturated heterocycles. The topological polar surface area (TPSA) is 45.1 Å². The van der Waals surface area contributed by atoms with Crippen LogP contribution in [-0.4, -0.2) is 23.2 Å². The van der Waals surface area contributed by atoms with Gasteiger partial charge >= 0.3 is 0 Å². The van der Waals surface area contributed by atoms with Gasteiger partial charge in [0.15, 0.2) is 0 Å². The molecule has 0 bridgehead atoms. The van der Waals surface area contributed by atoms with E-state index in [1.54, 1.807) is 6.20 Å². The van der Waals surface area contributed by atoms with Crippen LogP contribution < -0.4 is 5.32 Å². The molecule has 0 spiro atoms. The van der Waals surface area contributed by atoms with Gasteiger partial charge in [0.05, 0.1) is 0 Å². The summed E-state index contributed by atoms with van der Waals surface area (Å²) in [6.07, 6.45) is 4.41. The number of aromatic nitrogens is 1. The Morgan fingerprint density at radius 3 is 3.08 bits per heavy atom. The van der Waals surface area contributed by atoms with Crippen LogP contribution >= 0.6 is 0 Å². The van der Waals surface area contributed by atoms with Crippen molar-refractivity contribution >= 4 is 0 Å². The van der Waals surface area contributed by atoms with Crippen molar-refractivity contribution in [2.24, 2.45) is 0 Å². The third-order valence-corrected chi connectivity index (χ3v) is 1.56. The maximum Gasteiger partial charge on any atom is 0.0443 e. The van der Waals surface area contributed by atoms with E-state index >= 15 is 0 Å². The van der Waals surface area contributed by atoms with E-state index < -0.39 is 0 Å². The second-order valence-electron chi connectivity index (χ2n) is 2.62. The Labute approximate surface area is 72.5 Å². The number of hydrogen-bond donors (Lipinski definition) is 2. The summed E-state index contributed by atoms with van der Waals surface area (Å²) in [7, 11) is 0. The van der Waals surface area contributed by atoms with Gasteiger partial charge in [-0.15, -0.1) is 0 Å². The highest BCUT2D eigenvalue weighted by Gasteiger charge is 1.89. The van der Waals surface area contributed by atoms with Gasteiger partial charge in [0.2, 0.25) is 0 Å². The molecule has 0 atom stereocenters. The lowest BCUT2D eigenvalue weighted by atomic mass is 10.3. The molecule has 0 amide bonds. The minimum Gasteiger partial charge on any atom is -0.396 e. The van der Waals surface area contributed by atoms with Gasteiger partial charge in [0, 0.05) is 25.5 Å². The van der Waals surface area contributed by atoms with Crippen molar-refractivity contribution in [2.75, 3.05) is 13.2 Å². The summed E-state index contributed by atoms with van der Waals surface area (Å²) < 4.78 is 0. The van der Waals surface area contributed by atoms with Crippen molar-refractivity contribution in [3.63, 3.8) is 0 Å². The Balaban J connectivity index is 2.16. The molecule has 66 valence electrons. The average Bonchev–Trinajstić information content (AvgIpc) is 2.14. The summed E-state index contributed by atoms with van der Waals surface area (Å²) >= 11 is 0. The Hall–Kier alpha value is -0.930. The molecule has 1 aromatic heterocycles. The van der Waals surface area contributed by atoms with E-state index in [4.69, 9.17) is 5.11 Å². The molecule has 12 heavy (non-hydrogen) atoms. The molecule has 0 aliphatic rings. The van der Waals surface area contributed by atoms with E-state index in [1.807, 2.05) is 18.3 Å². The zero-order valence-electron chi connectivity index (χ0n) is 7.03. The average molecular weight is 166 g/mol. The smallest absolute Gasteiger partial charge is 0.0443 e. The Morgan fingerprint density at radius 1 is 1.50 bits per heavy atom. The molecule has 2 N–H and O–H groups in total. The van der Waals surface area contributed by atoms with Crippen molar-refractivity contribution < 1.29 is 5.11 Å². The number of rotatable bonds is 5. The maximum absolute atomic E-state index is 8.51. The highest BCUT2D eigenvalue weighted by atomic mass is 16.3. The Bertz CT molecular complexity index is 201. The molecule has 0 radical (unpaired) electrons. The van der Waals surface area contributed by atoms with Crippen molar-refractivity contribution in [1.82, 2.24) is 10.3 Å². The van der Waals surface area contributed by atoms with E-state index in [-0.39, 0.29) is 6.61 Å². The fourth-order valence-corrected chi connectivity index (χ4v) is 0.939. The highest BCUT2D eigenvalue weighted by Crippen LogP contribution is 1.93. The third-order valence-electron chi connectivity index (χ3n) is 1.56. The molecule has 3 nitrogen and oxygen atoms in total. The van der Waals surface area contributed by atoms with Crippen molar-refractivity contribution in [3.8, 4) is 0 Å². The second-order valence-corrected chi connectivity index (χ2v) is 2.62. The van der Waals surface area contributed by atoms with Crippen LogP contribution in [0.4, 0.5) is 0 Å². The van der Waals surface area contributed by atoms with Gasteiger partial charge in [-0.1, -0.05) is 6.07 Å². The molecule has 0 aliphatic heterocycles. The zero-order chi connectivity index (χ0) is 8.65. The van der Waals surface area contributed by atoms with Gasteiger partial charge in [0.1, 0.15) is 0 Å². The lowest BCUT2D eigenvalue weighted by Gasteiger charge is -2.01. The lowest BCUT2D eigenvalue weighted by molar-refractivity contribution is 0.286. The monoisotopic (exact) mass is 166 g/mol. The van der Waals surface area contributed by atoms with Crippen molar-refractivity contribution in [1.29, 1.82) is 0 Å². The number of aliphatic hydroxyl groups excluding tert-OH is 1. The van der Waals surface area contributed by atoms with Crippen LogP contribution in [0, 0.1) is 0 Å². The van der Waals surface area contributed by atoms with Gasteiger partial charge in [-0.25, -0.2) is 0 Å². The van der Waals surface area contributed by atoms with Crippen LogP contribution in [0.15, 0.2) is 24.5 Å². The van der Waals surface area contributed by atoms with Gasteiger partial charge in [-0.05, 0) is 24.6 Å². The first-order chi connectivity index (χ1) is 5.93. The van der Waals surface area contributed by atoms with Crippen LogP contribution in [0.3, 0.4) is 0 Å². The van der Waals surface area contributed by atoms with E-state index in [2.05, 4.69) is 10.3 Å². The van der Waals surface area contributed by atoms with Gasteiger partial charge in [-0.2, -0.15) is 0 Å². The first-order valence-corrected chi connectivity index (χ1v) is 4.14. The number of nitrogens with zero attached hydrogens (tertiary/aromatic N) is 1. The largest absolute Gasteiger partial charge is 0.396 e. The fourth-order valence-electron chi connectivity index (χ4n) is 0.939. The standard InChI is InChI=1S/C9H14N2O/c12-6-2-5-11-8-9-3-1-4-10-7-9/h1,3-4,7,11-12H,2,5-6,8H2. The molecular formula is C9H14N2O. The Kier molecular flexibility index (Phi) is 4.34. The van der Waals surface area contributed by atoms with Crippen molar-refractivity contribution in [3.05, 3.63) is 30.1 Å². The molecule has 0 unspecified atom stereocenters. The fraction of sp³-hybridized carbons (Fsp3) is 0.444. The molecule has 1 aromatic rings. The number of pyridine rings is 1. The molecule has 0 aliphatic carbocycles. The van der Waals surface area contributed by atoms with Gasteiger partial charge in [-0.3, -0.25) is 4.98 Å². The molecule has 1 heterocycles. The first-order valence-electron chi connectivity index (χ1n) is 4.14. The normalized spacial score (nSPS) is 10.1. The van der Waals surface area contributed by atoms with Crippen LogP contribution in [0.1, 0.15) is 12.0 Å². The molecule has 0 fully saturated rings. The maximum atomic E-state index is 8.51. The quantitative estimate of drug-likeness (QED) is 0.628. The van der Waals surface area contributed by atoms with Crippen LogP contribution in [0.5, 0.6) is 0 Å². The summed E-state index contributed by atoms with van der Waals surface area (Å²) in [5.74, 6) is 0. The van der Waals surface area contributed by atoms with Gasteiger partial charge in [0.25, 0.3) is 0 Å². The predicted molar refractivity (Wildman–Crippen MR) is 47.6 cm³/mol. The van der Waals surface area contributed by atoms with Crippen LogP contribution in [0.25, 0.3) is 0 Å². The van der Waals surface area contributed by atoms with Gasteiger partial charge < -0.3 is 10.4 Å². The summed E-state index contributed by atoms with van der Waals surface area (Å²) in [4.78, 5) is 3.99. The molecule has 0 aromatic carbocycles. The van der Waals surface area contributed by atoms with E-state index in [0.717, 1.165) is 19.5 Å². The number of hydrogen-bond acceptors (Lipinski definition) is 3. The SMILES string of the molecule is OCCCNCc1cccnc1. The molecule has 1 rings (SSSR count). The minimum atomic E-state index is 0.250. The van der Waals surface area contributed by atoms with E-state index in [9.17, 15) is 0 Å². The minimum absolute atomic E-state index is 0.250. The highest BCUT2D eigenvalue weighted by molar-refractivity contribution is 5.07. The summed E-state index contributed by atoms with van der Waals surface area (Å²) in [5.41, 5.74) is 1.18. The predicted octanol–water partition coefficient (Wildman–Crippen LogP) is 0.554. The Morgan fingerprint density at radius 2 is 2.42 bits per heavy atom. The van der Waals surface area contributed by atoms with Crippen LogP contribution in [-0.2, 0) is 6.54 Å². The first kappa shape index (κ1) is 9.16. The molecule has 3 heteroatoms. The van der Waals surface area contributed by atoms with Crippen molar-refractivity contribution in [2.45, 2.75) is 13.0 Å². The zero-order valence-corrected chi connectivity index (χ0v) is 7.03. The summed E-state index contributed by atoms with van der Waals surface area (Å²) in [5, 5.41) is 11.7. The number of nitrogens with one attached hydrogen (secondary N) is 1. The van der Waals surface area contributed by atoms with Crippen LogP contribution in [0.2, 0.25) is 0 Å². The number of aliphatic hydroxyl groups is 1.